The number of benzene rings is 1. The normalized spacial score (nSPS) is 17.3. The molecular formula is C12H16BrNO. The van der Waals surface area contributed by atoms with Gasteiger partial charge in [-0.05, 0) is 43.9 Å². The minimum Gasteiger partial charge on any atom is -0.495 e. The van der Waals surface area contributed by atoms with E-state index >= 15 is 0 Å². The zero-order chi connectivity index (χ0) is 10.8. The predicted molar refractivity (Wildman–Crippen MR) is 66.5 cm³/mol. The lowest BCUT2D eigenvalue weighted by atomic mass is 10.2. The van der Waals surface area contributed by atoms with Crippen molar-refractivity contribution in [2.45, 2.75) is 25.8 Å². The molecule has 1 aromatic rings. The predicted octanol–water partition coefficient (Wildman–Crippen LogP) is 3.67. The number of nitrogens with one attached hydrogen (secondary N) is 1. The molecule has 0 radical (unpaired) electrons. The number of hydrogen-bond donors (Lipinski definition) is 1. The third-order valence-electron chi connectivity index (χ3n) is 2.87. The second-order valence-electron chi connectivity index (χ2n) is 4.12. The lowest BCUT2D eigenvalue weighted by molar-refractivity contribution is 0.415. The Bertz CT molecular complexity index is 349. The van der Waals surface area contributed by atoms with E-state index in [4.69, 9.17) is 4.74 Å². The second-order valence-corrected chi connectivity index (χ2v) is 5.03. The van der Waals surface area contributed by atoms with Crippen LogP contribution in [-0.2, 0) is 0 Å². The van der Waals surface area contributed by atoms with Gasteiger partial charge in [-0.2, -0.15) is 0 Å². The zero-order valence-corrected chi connectivity index (χ0v) is 10.7. The highest BCUT2D eigenvalue weighted by Gasteiger charge is 2.28. The van der Waals surface area contributed by atoms with Crippen LogP contribution in [0.1, 0.15) is 19.8 Å². The van der Waals surface area contributed by atoms with Gasteiger partial charge in [0.1, 0.15) is 5.75 Å². The van der Waals surface area contributed by atoms with Crippen LogP contribution in [-0.4, -0.2) is 13.2 Å². The van der Waals surface area contributed by atoms with E-state index in [-0.39, 0.29) is 0 Å². The fraction of sp³-hybridized carbons (Fsp3) is 0.500. The standard InChI is InChI=1S/C12H16BrNO/c1-8(9-3-4-9)14-11-7-10(13)5-6-12(11)15-2/h5-9,14H,3-4H2,1-2H3. The number of anilines is 1. The monoisotopic (exact) mass is 269 g/mol. The summed E-state index contributed by atoms with van der Waals surface area (Å²) >= 11 is 3.47. The number of halogens is 1. The van der Waals surface area contributed by atoms with Crippen LogP contribution in [0.25, 0.3) is 0 Å². The molecule has 82 valence electrons. The van der Waals surface area contributed by atoms with E-state index < -0.39 is 0 Å². The summed E-state index contributed by atoms with van der Waals surface area (Å²) in [7, 11) is 1.70. The summed E-state index contributed by atoms with van der Waals surface area (Å²) in [5.74, 6) is 1.75. The minimum atomic E-state index is 0.535. The molecule has 15 heavy (non-hydrogen) atoms. The maximum absolute atomic E-state index is 5.32. The van der Waals surface area contributed by atoms with Crippen molar-refractivity contribution in [1.82, 2.24) is 0 Å². The Balaban J connectivity index is 2.13. The Morgan fingerprint density at radius 3 is 2.80 bits per heavy atom. The highest BCUT2D eigenvalue weighted by molar-refractivity contribution is 9.10. The second kappa shape index (κ2) is 4.44. The van der Waals surface area contributed by atoms with Crippen molar-refractivity contribution in [2.24, 2.45) is 5.92 Å². The molecule has 1 saturated carbocycles. The summed E-state index contributed by atoms with van der Waals surface area (Å²) in [6.07, 6.45) is 2.70. The Morgan fingerprint density at radius 2 is 2.20 bits per heavy atom. The largest absolute Gasteiger partial charge is 0.495 e. The first-order valence-electron chi connectivity index (χ1n) is 5.31. The first-order valence-corrected chi connectivity index (χ1v) is 6.10. The molecule has 1 aliphatic rings. The molecule has 0 heterocycles. The van der Waals surface area contributed by atoms with Crippen LogP contribution in [0.3, 0.4) is 0 Å². The van der Waals surface area contributed by atoms with Crippen LogP contribution >= 0.6 is 15.9 Å². The van der Waals surface area contributed by atoms with Crippen LogP contribution in [0.2, 0.25) is 0 Å². The fourth-order valence-electron chi connectivity index (χ4n) is 1.75. The third-order valence-corrected chi connectivity index (χ3v) is 3.37. The molecule has 3 heteroatoms. The van der Waals surface area contributed by atoms with Gasteiger partial charge in [-0.15, -0.1) is 0 Å². The first kappa shape index (κ1) is 10.8. The Hall–Kier alpha value is -0.700. The molecule has 1 aromatic carbocycles. The number of ether oxygens (including phenoxy) is 1. The molecule has 0 aliphatic heterocycles. The maximum Gasteiger partial charge on any atom is 0.142 e. The average molecular weight is 270 g/mol. The van der Waals surface area contributed by atoms with Crippen molar-refractivity contribution < 1.29 is 4.74 Å². The molecule has 1 unspecified atom stereocenters. The summed E-state index contributed by atoms with van der Waals surface area (Å²) in [5, 5.41) is 3.51. The summed E-state index contributed by atoms with van der Waals surface area (Å²) in [5.41, 5.74) is 1.08. The molecule has 0 bridgehead atoms. The van der Waals surface area contributed by atoms with Gasteiger partial charge in [-0.25, -0.2) is 0 Å². The molecule has 0 aromatic heterocycles. The fourth-order valence-corrected chi connectivity index (χ4v) is 2.11. The van der Waals surface area contributed by atoms with Crippen molar-refractivity contribution >= 4 is 21.6 Å². The van der Waals surface area contributed by atoms with Crippen molar-refractivity contribution in [3.05, 3.63) is 22.7 Å². The van der Waals surface area contributed by atoms with Crippen LogP contribution in [0, 0.1) is 5.92 Å². The van der Waals surface area contributed by atoms with Crippen LogP contribution in [0.4, 0.5) is 5.69 Å². The molecular weight excluding hydrogens is 254 g/mol. The highest BCUT2D eigenvalue weighted by atomic mass is 79.9. The van der Waals surface area contributed by atoms with Crippen LogP contribution < -0.4 is 10.1 Å². The Labute approximate surface area is 99.1 Å². The molecule has 1 fully saturated rings. The summed E-state index contributed by atoms with van der Waals surface area (Å²) in [6, 6.07) is 6.57. The molecule has 1 atom stereocenters. The smallest absolute Gasteiger partial charge is 0.142 e. The van der Waals surface area contributed by atoms with Gasteiger partial charge in [-0.1, -0.05) is 15.9 Å². The van der Waals surface area contributed by atoms with Gasteiger partial charge in [0.05, 0.1) is 12.8 Å². The van der Waals surface area contributed by atoms with E-state index in [1.54, 1.807) is 7.11 Å². The molecule has 0 amide bonds. The SMILES string of the molecule is COc1ccc(Br)cc1NC(C)C1CC1. The minimum absolute atomic E-state index is 0.535. The van der Waals surface area contributed by atoms with E-state index in [1.165, 1.54) is 12.8 Å². The molecule has 0 saturated heterocycles. The van der Waals surface area contributed by atoms with Gasteiger partial charge in [-0.3, -0.25) is 0 Å². The molecule has 0 spiro atoms. The van der Waals surface area contributed by atoms with Gasteiger partial charge >= 0.3 is 0 Å². The lowest BCUT2D eigenvalue weighted by Crippen LogP contribution is -2.17. The number of rotatable bonds is 4. The number of hydrogen-bond acceptors (Lipinski definition) is 2. The summed E-state index contributed by atoms with van der Waals surface area (Å²) in [4.78, 5) is 0. The van der Waals surface area contributed by atoms with Gasteiger partial charge in [0.2, 0.25) is 0 Å². The lowest BCUT2D eigenvalue weighted by Gasteiger charge is -2.17. The van der Waals surface area contributed by atoms with E-state index in [2.05, 4.69) is 34.2 Å². The van der Waals surface area contributed by atoms with Crippen molar-refractivity contribution in [2.75, 3.05) is 12.4 Å². The number of methoxy groups -OCH3 is 1. The van der Waals surface area contributed by atoms with Crippen molar-refractivity contribution in [3.8, 4) is 5.75 Å². The molecule has 2 rings (SSSR count). The van der Waals surface area contributed by atoms with Crippen molar-refractivity contribution in [3.63, 3.8) is 0 Å². The summed E-state index contributed by atoms with van der Waals surface area (Å²) in [6.45, 7) is 2.23. The van der Waals surface area contributed by atoms with Gasteiger partial charge in [0.15, 0.2) is 0 Å². The van der Waals surface area contributed by atoms with E-state index in [0.29, 0.717) is 6.04 Å². The zero-order valence-electron chi connectivity index (χ0n) is 9.09. The van der Waals surface area contributed by atoms with E-state index in [0.717, 1.165) is 21.8 Å². The quantitative estimate of drug-likeness (QED) is 0.901. The maximum atomic E-state index is 5.32. The van der Waals surface area contributed by atoms with E-state index in [9.17, 15) is 0 Å². The topological polar surface area (TPSA) is 21.3 Å². The van der Waals surface area contributed by atoms with Gasteiger partial charge in [0.25, 0.3) is 0 Å². The third kappa shape index (κ3) is 2.65. The van der Waals surface area contributed by atoms with Gasteiger partial charge < -0.3 is 10.1 Å². The Kier molecular flexibility index (Phi) is 3.19. The Morgan fingerprint density at radius 1 is 1.47 bits per heavy atom. The molecule has 1 N–H and O–H groups in total. The highest BCUT2D eigenvalue weighted by Crippen LogP contribution is 2.36. The van der Waals surface area contributed by atoms with E-state index in [1.807, 2.05) is 12.1 Å². The average Bonchev–Trinajstić information content (AvgIpc) is 3.01. The first-order chi connectivity index (χ1) is 7.20. The summed E-state index contributed by atoms with van der Waals surface area (Å²) < 4.78 is 6.40. The van der Waals surface area contributed by atoms with Crippen LogP contribution in [0.15, 0.2) is 22.7 Å². The van der Waals surface area contributed by atoms with Crippen molar-refractivity contribution in [1.29, 1.82) is 0 Å². The van der Waals surface area contributed by atoms with Crippen LogP contribution in [0.5, 0.6) is 5.75 Å². The van der Waals surface area contributed by atoms with Gasteiger partial charge in [0, 0.05) is 10.5 Å². The molecule has 2 nitrogen and oxygen atoms in total. The molecule has 1 aliphatic carbocycles.